The summed E-state index contributed by atoms with van der Waals surface area (Å²) in [7, 11) is 0. The lowest BCUT2D eigenvalue weighted by Gasteiger charge is -2.42. The third-order valence-electron chi connectivity index (χ3n) is 4.66. The number of carbonyl (C=O) groups is 1. The van der Waals surface area contributed by atoms with Crippen molar-refractivity contribution in [3.05, 3.63) is 59.8 Å². The molecule has 0 bridgehead atoms. The van der Waals surface area contributed by atoms with Crippen LogP contribution in [-0.4, -0.2) is 52.3 Å². The third-order valence-corrected chi connectivity index (χ3v) is 4.66. The molecule has 154 valence electrons. The number of pyridine rings is 1. The highest BCUT2D eigenvalue weighted by Gasteiger charge is 2.33. The van der Waals surface area contributed by atoms with Crippen LogP contribution in [0.2, 0.25) is 0 Å². The minimum Gasteiger partial charge on any atom is -0.444 e. The fourth-order valence-electron chi connectivity index (χ4n) is 3.28. The van der Waals surface area contributed by atoms with Gasteiger partial charge in [-0.05, 0) is 38.5 Å². The number of hydrogen-bond acceptors (Lipinski definition) is 6. The molecule has 8 nitrogen and oxygen atoms in total. The van der Waals surface area contributed by atoms with Crippen LogP contribution < -0.4 is 10.6 Å². The first kappa shape index (κ1) is 20.4. The van der Waals surface area contributed by atoms with Crippen molar-refractivity contribution in [3.8, 4) is 0 Å². The second-order valence-electron chi connectivity index (χ2n) is 7.94. The van der Waals surface area contributed by atoms with Gasteiger partial charge in [0.25, 0.3) is 0 Å². The summed E-state index contributed by atoms with van der Waals surface area (Å²) in [5.41, 5.74) is 6.72. The highest BCUT2D eigenvalue weighted by Crippen LogP contribution is 2.30. The number of ether oxygens (including phenoxy) is 1. The van der Waals surface area contributed by atoms with E-state index in [4.69, 9.17) is 15.7 Å². The molecule has 1 aromatic heterocycles. The van der Waals surface area contributed by atoms with Gasteiger partial charge in [-0.15, -0.1) is 0 Å². The van der Waals surface area contributed by atoms with Gasteiger partial charge in [-0.25, -0.2) is 9.78 Å². The summed E-state index contributed by atoms with van der Waals surface area (Å²) in [5.74, 6) is 0.774. The molecule has 1 amide bonds. The van der Waals surface area contributed by atoms with Crippen molar-refractivity contribution in [3.63, 3.8) is 0 Å². The zero-order valence-corrected chi connectivity index (χ0v) is 16.9. The van der Waals surface area contributed by atoms with Crippen molar-refractivity contribution >= 4 is 17.7 Å². The molecule has 3 rings (SSSR count). The highest BCUT2D eigenvalue weighted by atomic mass is 16.6. The number of hydrogen-bond donors (Lipinski definition) is 2. The molecule has 2 aromatic rings. The Morgan fingerprint density at radius 3 is 2.52 bits per heavy atom. The van der Waals surface area contributed by atoms with Gasteiger partial charge >= 0.3 is 6.09 Å². The highest BCUT2D eigenvalue weighted by molar-refractivity contribution is 5.96. The van der Waals surface area contributed by atoms with Crippen LogP contribution in [0.5, 0.6) is 0 Å². The summed E-state index contributed by atoms with van der Waals surface area (Å²) in [6, 6.07) is 13.5. The van der Waals surface area contributed by atoms with Crippen LogP contribution in [0.1, 0.15) is 37.9 Å². The quantitative estimate of drug-likeness (QED) is 0.357. The van der Waals surface area contributed by atoms with Crippen LogP contribution in [0.15, 0.2) is 53.8 Å². The van der Waals surface area contributed by atoms with Gasteiger partial charge in [0.2, 0.25) is 0 Å². The second-order valence-corrected chi connectivity index (χ2v) is 7.94. The van der Waals surface area contributed by atoms with Crippen LogP contribution in [0.3, 0.4) is 0 Å². The van der Waals surface area contributed by atoms with Crippen molar-refractivity contribution in [2.24, 2.45) is 10.9 Å². The molecule has 1 atom stereocenters. The predicted molar refractivity (Wildman–Crippen MR) is 111 cm³/mol. The molecule has 3 N–H and O–H groups in total. The summed E-state index contributed by atoms with van der Waals surface area (Å²) in [6.07, 6.45) is 1.26. The Morgan fingerprint density at radius 2 is 1.93 bits per heavy atom. The van der Waals surface area contributed by atoms with E-state index in [0.717, 1.165) is 11.4 Å². The Balaban J connectivity index is 1.86. The maximum Gasteiger partial charge on any atom is 0.410 e. The zero-order valence-electron chi connectivity index (χ0n) is 16.9. The Morgan fingerprint density at radius 1 is 1.21 bits per heavy atom. The Hall–Kier alpha value is -3.29. The van der Waals surface area contributed by atoms with Gasteiger partial charge in [0, 0.05) is 31.4 Å². The maximum atomic E-state index is 12.6. The van der Waals surface area contributed by atoms with Crippen LogP contribution in [0, 0.1) is 0 Å². The van der Waals surface area contributed by atoms with Crippen molar-refractivity contribution in [1.82, 2.24) is 9.88 Å². The number of piperazine rings is 1. The van der Waals surface area contributed by atoms with Gasteiger partial charge in [-0.2, -0.15) is 0 Å². The van der Waals surface area contributed by atoms with Crippen LogP contribution >= 0.6 is 0 Å². The molecular weight excluding hydrogens is 370 g/mol. The number of benzene rings is 1. The SMILES string of the molecule is CC(C)(C)OC(=O)N1CCN(c2ccc(/C(N)=N/O)cn2)[C@@H](c2ccccc2)C1. The van der Waals surface area contributed by atoms with E-state index in [0.29, 0.717) is 25.2 Å². The topological polar surface area (TPSA) is 104 Å². The number of nitrogens with two attached hydrogens (primary N) is 1. The van der Waals surface area contributed by atoms with Crippen molar-refractivity contribution in [2.75, 3.05) is 24.5 Å². The van der Waals surface area contributed by atoms with E-state index in [-0.39, 0.29) is 18.0 Å². The monoisotopic (exact) mass is 397 g/mol. The van der Waals surface area contributed by atoms with Crippen LogP contribution in [-0.2, 0) is 4.74 Å². The molecule has 2 heterocycles. The van der Waals surface area contributed by atoms with E-state index in [2.05, 4.69) is 15.0 Å². The second kappa shape index (κ2) is 8.38. The van der Waals surface area contributed by atoms with E-state index < -0.39 is 5.60 Å². The Kier molecular flexibility index (Phi) is 5.91. The van der Waals surface area contributed by atoms with Gasteiger partial charge in [-0.1, -0.05) is 35.5 Å². The number of rotatable bonds is 3. The average Bonchev–Trinajstić information content (AvgIpc) is 2.72. The van der Waals surface area contributed by atoms with Crippen molar-refractivity contribution in [2.45, 2.75) is 32.4 Å². The van der Waals surface area contributed by atoms with Crippen LogP contribution in [0.25, 0.3) is 0 Å². The number of amidine groups is 1. The Labute approximate surface area is 170 Å². The summed E-state index contributed by atoms with van der Waals surface area (Å²) in [6.45, 7) is 7.22. The molecule has 29 heavy (non-hydrogen) atoms. The lowest BCUT2D eigenvalue weighted by molar-refractivity contribution is 0.0213. The third kappa shape index (κ3) is 4.96. The van der Waals surface area contributed by atoms with Gasteiger partial charge in [0.1, 0.15) is 11.4 Å². The molecule has 0 saturated carbocycles. The lowest BCUT2D eigenvalue weighted by atomic mass is 10.0. The molecule has 0 unspecified atom stereocenters. The van der Waals surface area contributed by atoms with Gasteiger partial charge in [0.15, 0.2) is 5.84 Å². The molecule has 0 spiro atoms. The molecule has 1 aliphatic rings. The molecule has 1 saturated heterocycles. The number of carbonyl (C=O) groups excluding carboxylic acids is 1. The zero-order chi connectivity index (χ0) is 21.0. The normalized spacial score (nSPS) is 17.9. The lowest BCUT2D eigenvalue weighted by Crippen LogP contribution is -2.52. The predicted octanol–water partition coefficient (Wildman–Crippen LogP) is 2.97. The summed E-state index contributed by atoms with van der Waals surface area (Å²) in [4.78, 5) is 21.0. The van der Waals surface area contributed by atoms with Crippen molar-refractivity contribution in [1.29, 1.82) is 0 Å². The molecular formula is C21H27N5O3. The number of nitrogens with zero attached hydrogens (tertiary/aromatic N) is 4. The first-order valence-electron chi connectivity index (χ1n) is 9.52. The number of aromatic nitrogens is 1. The Bertz CT molecular complexity index is 862. The maximum absolute atomic E-state index is 12.6. The van der Waals surface area contributed by atoms with E-state index in [1.165, 1.54) is 0 Å². The van der Waals surface area contributed by atoms with Gasteiger partial charge in [0.05, 0.1) is 6.04 Å². The van der Waals surface area contributed by atoms with Crippen molar-refractivity contribution < 1.29 is 14.7 Å². The molecule has 0 aliphatic carbocycles. The molecule has 1 fully saturated rings. The smallest absolute Gasteiger partial charge is 0.410 e. The first-order chi connectivity index (χ1) is 13.8. The fraction of sp³-hybridized carbons (Fsp3) is 0.381. The number of oxime groups is 1. The standard InChI is InChI=1S/C21H27N5O3/c1-21(2,3)29-20(27)25-11-12-26(17(14-25)15-7-5-4-6-8-15)18-10-9-16(13-23-18)19(22)24-28/h4-10,13,17,28H,11-12,14H2,1-3H3,(H2,22,24)/t17-/m1/s1. The number of anilines is 1. The first-order valence-corrected chi connectivity index (χ1v) is 9.52. The molecule has 0 radical (unpaired) electrons. The fourth-order valence-corrected chi connectivity index (χ4v) is 3.28. The van der Waals surface area contributed by atoms with E-state index in [1.807, 2.05) is 57.2 Å². The summed E-state index contributed by atoms with van der Waals surface area (Å²) in [5, 5.41) is 11.8. The summed E-state index contributed by atoms with van der Waals surface area (Å²) >= 11 is 0. The minimum absolute atomic E-state index is 0.0124. The van der Waals surface area contributed by atoms with Crippen LogP contribution in [0.4, 0.5) is 10.6 Å². The average molecular weight is 397 g/mol. The van der Waals surface area contributed by atoms with E-state index >= 15 is 0 Å². The molecule has 8 heteroatoms. The minimum atomic E-state index is -0.540. The molecule has 1 aromatic carbocycles. The van der Waals surface area contributed by atoms with Gasteiger partial charge in [-0.3, -0.25) is 0 Å². The molecule has 1 aliphatic heterocycles. The van der Waals surface area contributed by atoms with E-state index in [9.17, 15) is 4.79 Å². The van der Waals surface area contributed by atoms with Gasteiger partial charge < -0.3 is 25.5 Å². The summed E-state index contributed by atoms with van der Waals surface area (Å²) < 4.78 is 5.56. The van der Waals surface area contributed by atoms with E-state index in [1.54, 1.807) is 17.2 Å². The largest absolute Gasteiger partial charge is 0.444 e. The number of amides is 1.